The molecule has 0 saturated carbocycles. The predicted molar refractivity (Wildman–Crippen MR) is 70.5 cm³/mol. The van der Waals surface area contributed by atoms with E-state index in [2.05, 4.69) is 31.9 Å². The standard InChI is InChI=1S/C9H19Br2N.ClH/c10-7-3-1-2-5-9(12)6-4-8-11;/h9H,1-8,12H2;1H. The van der Waals surface area contributed by atoms with Crippen molar-refractivity contribution in [2.45, 2.75) is 44.6 Å². The molecule has 0 bridgehead atoms. The summed E-state index contributed by atoms with van der Waals surface area (Å²) in [5.74, 6) is 0. The molecule has 0 aromatic carbocycles. The first-order valence-electron chi connectivity index (χ1n) is 4.68. The van der Waals surface area contributed by atoms with E-state index in [0.29, 0.717) is 6.04 Å². The molecular formula is C9H20Br2ClN. The molecule has 0 spiro atoms. The lowest BCUT2D eigenvalue weighted by Crippen LogP contribution is -2.19. The Balaban J connectivity index is 0. The summed E-state index contributed by atoms with van der Waals surface area (Å²) in [7, 11) is 0. The summed E-state index contributed by atoms with van der Waals surface area (Å²) in [6, 6.07) is 0.429. The van der Waals surface area contributed by atoms with Crippen LogP contribution < -0.4 is 5.73 Å². The summed E-state index contributed by atoms with van der Waals surface area (Å²) < 4.78 is 0. The summed E-state index contributed by atoms with van der Waals surface area (Å²) in [6.07, 6.45) is 7.45. The van der Waals surface area contributed by atoms with Crippen LogP contribution in [-0.2, 0) is 0 Å². The second-order valence-electron chi connectivity index (χ2n) is 3.13. The Morgan fingerprint density at radius 1 is 0.846 bits per heavy atom. The summed E-state index contributed by atoms with van der Waals surface area (Å²) in [5, 5.41) is 2.21. The van der Waals surface area contributed by atoms with Gasteiger partial charge in [-0.2, -0.15) is 0 Å². The van der Waals surface area contributed by atoms with Gasteiger partial charge < -0.3 is 5.73 Å². The fourth-order valence-corrected chi connectivity index (χ4v) is 1.88. The van der Waals surface area contributed by atoms with E-state index >= 15 is 0 Å². The highest BCUT2D eigenvalue weighted by atomic mass is 79.9. The predicted octanol–water partition coefficient (Wildman–Crippen LogP) is 3.87. The molecule has 0 radical (unpaired) electrons. The van der Waals surface area contributed by atoms with E-state index in [0.717, 1.165) is 10.7 Å². The van der Waals surface area contributed by atoms with Gasteiger partial charge in [0.1, 0.15) is 0 Å². The zero-order chi connectivity index (χ0) is 9.23. The van der Waals surface area contributed by atoms with Gasteiger partial charge in [-0.05, 0) is 25.7 Å². The van der Waals surface area contributed by atoms with Crippen molar-refractivity contribution in [3.8, 4) is 0 Å². The molecule has 0 saturated heterocycles. The molecule has 0 aliphatic carbocycles. The van der Waals surface area contributed by atoms with Crippen molar-refractivity contribution in [3.05, 3.63) is 0 Å². The maximum atomic E-state index is 5.91. The van der Waals surface area contributed by atoms with Crippen LogP contribution in [0.4, 0.5) is 0 Å². The van der Waals surface area contributed by atoms with E-state index in [4.69, 9.17) is 5.73 Å². The Morgan fingerprint density at radius 3 is 1.92 bits per heavy atom. The fourth-order valence-electron chi connectivity index (χ4n) is 1.16. The molecule has 0 aliphatic heterocycles. The van der Waals surface area contributed by atoms with Gasteiger partial charge in [-0.25, -0.2) is 0 Å². The molecule has 1 atom stereocenters. The molecule has 0 aliphatic rings. The maximum Gasteiger partial charge on any atom is 0.00391 e. The van der Waals surface area contributed by atoms with Gasteiger partial charge in [0.15, 0.2) is 0 Å². The Labute approximate surface area is 105 Å². The van der Waals surface area contributed by atoms with Gasteiger partial charge in [0.25, 0.3) is 0 Å². The molecule has 0 fully saturated rings. The second kappa shape index (κ2) is 13.2. The average molecular weight is 338 g/mol. The minimum Gasteiger partial charge on any atom is -0.328 e. The summed E-state index contributed by atoms with van der Waals surface area (Å²) in [5.41, 5.74) is 5.91. The van der Waals surface area contributed by atoms with Crippen molar-refractivity contribution in [1.29, 1.82) is 0 Å². The Morgan fingerprint density at radius 2 is 1.38 bits per heavy atom. The van der Waals surface area contributed by atoms with Crippen molar-refractivity contribution in [1.82, 2.24) is 0 Å². The SMILES string of the molecule is Cl.NC(CCCBr)CCCCCBr. The van der Waals surface area contributed by atoms with Gasteiger partial charge in [-0.3, -0.25) is 0 Å². The van der Waals surface area contributed by atoms with E-state index in [9.17, 15) is 0 Å². The van der Waals surface area contributed by atoms with Crippen LogP contribution >= 0.6 is 44.3 Å². The number of hydrogen-bond acceptors (Lipinski definition) is 1. The zero-order valence-corrected chi connectivity index (χ0v) is 12.0. The van der Waals surface area contributed by atoms with Crippen LogP contribution in [0.5, 0.6) is 0 Å². The van der Waals surface area contributed by atoms with Gasteiger partial charge in [-0.15, -0.1) is 12.4 Å². The van der Waals surface area contributed by atoms with Crippen molar-refractivity contribution in [2.24, 2.45) is 5.73 Å². The Kier molecular flexibility index (Phi) is 16.9. The molecule has 0 aromatic heterocycles. The van der Waals surface area contributed by atoms with Gasteiger partial charge in [-0.1, -0.05) is 44.7 Å². The zero-order valence-electron chi connectivity index (χ0n) is 7.98. The van der Waals surface area contributed by atoms with Crippen molar-refractivity contribution < 1.29 is 0 Å². The third-order valence-electron chi connectivity index (χ3n) is 1.92. The minimum absolute atomic E-state index is 0. The molecule has 13 heavy (non-hydrogen) atoms. The van der Waals surface area contributed by atoms with Crippen LogP contribution in [0, 0.1) is 0 Å². The van der Waals surface area contributed by atoms with Crippen LogP contribution in [0.15, 0.2) is 0 Å². The van der Waals surface area contributed by atoms with Crippen LogP contribution in [0.1, 0.15) is 38.5 Å². The largest absolute Gasteiger partial charge is 0.328 e. The number of rotatable bonds is 8. The molecule has 0 amide bonds. The van der Waals surface area contributed by atoms with Gasteiger partial charge in [0.2, 0.25) is 0 Å². The number of nitrogens with two attached hydrogens (primary N) is 1. The highest BCUT2D eigenvalue weighted by Gasteiger charge is 2.00. The Hall–Kier alpha value is 1.21. The van der Waals surface area contributed by atoms with E-state index in [1.54, 1.807) is 0 Å². The summed E-state index contributed by atoms with van der Waals surface area (Å²) >= 11 is 6.83. The van der Waals surface area contributed by atoms with Crippen molar-refractivity contribution in [3.63, 3.8) is 0 Å². The fraction of sp³-hybridized carbons (Fsp3) is 1.00. The van der Waals surface area contributed by atoms with Gasteiger partial charge in [0.05, 0.1) is 0 Å². The normalized spacial score (nSPS) is 12.2. The first-order valence-corrected chi connectivity index (χ1v) is 6.93. The summed E-state index contributed by atoms with van der Waals surface area (Å²) in [4.78, 5) is 0. The van der Waals surface area contributed by atoms with Crippen LogP contribution in [0.3, 0.4) is 0 Å². The average Bonchev–Trinajstić information content (AvgIpc) is 2.09. The lowest BCUT2D eigenvalue weighted by atomic mass is 10.1. The monoisotopic (exact) mass is 335 g/mol. The topological polar surface area (TPSA) is 26.0 Å². The summed E-state index contributed by atoms with van der Waals surface area (Å²) in [6.45, 7) is 0. The molecule has 1 unspecified atom stereocenters. The van der Waals surface area contributed by atoms with Crippen LogP contribution in [0.2, 0.25) is 0 Å². The second-order valence-corrected chi connectivity index (χ2v) is 4.72. The van der Waals surface area contributed by atoms with E-state index in [1.165, 1.54) is 38.5 Å². The molecule has 2 N–H and O–H groups in total. The number of alkyl halides is 2. The quantitative estimate of drug-likeness (QED) is 0.528. The van der Waals surface area contributed by atoms with Gasteiger partial charge in [0, 0.05) is 16.7 Å². The molecule has 0 heterocycles. The molecule has 0 aromatic rings. The number of unbranched alkanes of at least 4 members (excludes halogenated alkanes) is 2. The minimum atomic E-state index is 0. The molecule has 82 valence electrons. The highest BCUT2D eigenvalue weighted by molar-refractivity contribution is 9.09. The molecule has 1 nitrogen and oxygen atoms in total. The highest BCUT2D eigenvalue weighted by Crippen LogP contribution is 2.08. The van der Waals surface area contributed by atoms with Crippen molar-refractivity contribution >= 4 is 44.3 Å². The van der Waals surface area contributed by atoms with E-state index < -0.39 is 0 Å². The van der Waals surface area contributed by atoms with E-state index in [1.807, 2.05) is 0 Å². The van der Waals surface area contributed by atoms with Gasteiger partial charge >= 0.3 is 0 Å². The first kappa shape index (κ1) is 16.6. The maximum absolute atomic E-state index is 5.91. The first-order chi connectivity index (χ1) is 5.81. The lowest BCUT2D eigenvalue weighted by Gasteiger charge is -2.09. The third kappa shape index (κ3) is 13.2. The molecular weight excluding hydrogens is 317 g/mol. The van der Waals surface area contributed by atoms with Crippen LogP contribution in [-0.4, -0.2) is 16.7 Å². The molecule has 0 rings (SSSR count). The third-order valence-corrected chi connectivity index (χ3v) is 3.04. The van der Waals surface area contributed by atoms with Crippen molar-refractivity contribution in [2.75, 3.05) is 10.7 Å². The smallest absolute Gasteiger partial charge is 0.00391 e. The van der Waals surface area contributed by atoms with E-state index in [-0.39, 0.29) is 12.4 Å². The van der Waals surface area contributed by atoms with Crippen LogP contribution in [0.25, 0.3) is 0 Å². The Bertz CT molecular complexity index is 93.7. The lowest BCUT2D eigenvalue weighted by molar-refractivity contribution is 0.527. The number of hydrogen-bond donors (Lipinski definition) is 1. The molecule has 4 heteroatoms. The number of halogens is 3.